The average Bonchev–Trinajstić information content (AvgIpc) is 2.80. The molecule has 1 heteroatoms. The third-order valence-electron chi connectivity index (χ3n) is 7.75. The molecule has 0 heterocycles. The number of rotatable bonds is 6. The molecule has 0 atom stereocenters. The Labute approximate surface area is 193 Å². The standard InChI is InChI=1S/C30H43P/c1-22(2)26-18-11-12-19-27(26)28-20-13-21-29(30(28)23(3)4)31(24-14-7-5-8-15-24)25-16-9-6-10-17-25/h11-13,18-25H,5-10,14-17H2,1-4H3. The van der Waals surface area contributed by atoms with E-state index in [4.69, 9.17) is 0 Å². The van der Waals surface area contributed by atoms with E-state index in [-0.39, 0.29) is 7.92 Å². The number of hydrogen-bond acceptors (Lipinski definition) is 0. The molecule has 168 valence electrons. The van der Waals surface area contributed by atoms with Gasteiger partial charge in [0.25, 0.3) is 0 Å². The zero-order chi connectivity index (χ0) is 21.8. The Bertz CT molecular complexity index is 819. The third-order valence-corrected chi connectivity index (χ3v) is 11.3. The van der Waals surface area contributed by atoms with Gasteiger partial charge < -0.3 is 0 Å². The van der Waals surface area contributed by atoms with Crippen LogP contribution in [-0.4, -0.2) is 11.3 Å². The van der Waals surface area contributed by atoms with Crippen LogP contribution in [0, 0.1) is 0 Å². The number of hydrogen-bond donors (Lipinski definition) is 0. The predicted octanol–water partition coefficient (Wildman–Crippen LogP) is 9.37. The van der Waals surface area contributed by atoms with Crippen molar-refractivity contribution in [3.05, 3.63) is 53.6 Å². The number of benzene rings is 2. The van der Waals surface area contributed by atoms with E-state index in [2.05, 4.69) is 70.2 Å². The lowest BCUT2D eigenvalue weighted by Crippen LogP contribution is -2.28. The maximum absolute atomic E-state index is 2.56. The first-order valence-electron chi connectivity index (χ1n) is 13.1. The van der Waals surface area contributed by atoms with Gasteiger partial charge in [0.2, 0.25) is 0 Å². The first kappa shape index (κ1) is 23.0. The van der Waals surface area contributed by atoms with Crippen LogP contribution in [0.4, 0.5) is 0 Å². The Balaban J connectivity index is 1.85. The molecule has 0 nitrogen and oxygen atoms in total. The summed E-state index contributed by atoms with van der Waals surface area (Å²) in [5.74, 6) is 1.13. The first-order valence-corrected chi connectivity index (χ1v) is 14.6. The van der Waals surface area contributed by atoms with Gasteiger partial charge in [0.05, 0.1) is 0 Å². The van der Waals surface area contributed by atoms with Gasteiger partial charge >= 0.3 is 0 Å². The molecule has 2 fully saturated rings. The normalized spacial score (nSPS) is 18.9. The van der Waals surface area contributed by atoms with Crippen molar-refractivity contribution < 1.29 is 0 Å². The maximum atomic E-state index is 2.56. The van der Waals surface area contributed by atoms with E-state index in [1.165, 1.54) is 80.9 Å². The highest BCUT2D eigenvalue weighted by molar-refractivity contribution is 7.67. The van der Waals surface area contributed by atoms with Crippen molar-refractivity contribution in [1.82, 2.24) is 0 Å². The molecule has 2 aromatic rings. The molecule has 31 heavy (non-hydrogen) atoms. The Kier molecular flexibility index (Phi) is 7.92. The molecule has 2 aliphatic carbocycles. The minimum atomic E-state index is -0.0769. The molecule has 0 bridgehead atoms. The van der Waals surface area contributed by atoms with Crippen LogP contribution in [0.2, 0.25) is 0 Å². The van der Waals surface area contributed by atoms with E-state index in [1.54, 1.807) is 10.9 Å². The van der Waals surface area contributed by atoms with Gasteiger partial charge in [-0.25, -0.2) is 0 Å². The second-order valence-electron chi connectivity index (χ2n) is 10.6. The first-order chi connectivity index (χ1) is 15.1. The fourth-order valence-electron chi connectivity index (χ4n) is 6.28. The lowest BCUT2D eigenvalue weighted by atomic mass is 9.87. The minimum Gasteiger partial charge on any atom is -0.0686 e. The summed E-state index contributed by atoms with van der Waals surface area (Å²) in [6, 6.07) is 16.6. The smallest absolute Gasteiger partial charge is 0.0140 e. The molecule has 0 amide bonds. The minimum absolute atomic E-state index is 0.0769. The van der Waals surface area contributed by atoms with Crippen molar-refractivity contribution in [1.29, 1.82) is 0 Å². The Hall–Kier alpha value is -1.13. The molecule has 0 aliphatic heterocycles. The molecule has 0 aromatic heterocycles. The fourth-order valence-corrected chi connectivity index (χ4v) is 10.4. The van der Waals surface area contributed by atoms with Crippen molar-refractivity contribution in [2.75, 3.05) is 0 Å². The summed E-state index contributed by atoms with van der Waals surface area (Å²) < 4.78 is 0. The highest BCUT2D eigenvalue weighted by Gasteiger charge is 2.34. The summed E-state index contributed by atoms with van der Waals surface area (Å²) in [7, 11) is -0.0769. The molecule has 4 rings (SSSR count). The van der Waals surface area contributed by atoms with Gasteiger partial charge in [0.15, 0.2) is 0 Å². The maximum Gasteiger partial charge on any atom is -0.0140 e. The highest BCUT2D eigenvalue weighted by atomic mass is 31.1. The average molecular weight is 435 g/mol. The summed E-state index contributed by atoms with van der Waals surface area (Å²) in [6.45, 7) is 9.56. The van der Waals surface area contributed by atoms with E-state index < -0.39 is 0 Å². The van der Waals surface area contributed by atoms with E-state index in [9.17, 15) is 0 Å². The molecule has 0 spiro atoms. The SMILES string of the molecule is CC(C)c1ccccc1-c1cccc(P(C2CCCCC2)C2CCCCC2)c1C(C)C. The van der Waals surface area contributed by atoms with Gasteiger partial charge in [-0.15, -0.1) is 0 Å². The second kappa shape index (κ2) is 10.7. The van der Waals surface area contributed by atoms with Gasteiger partial charge in [-0.2, -0.15) is 0 Å². The van der Waals surface area contributed by atoms with Crippen LogP contribution in [-0.2, 0) is 0 Å². The largest absolute Gasteiger partial charge is 0.0686 e. The van der Waals surface area contributed by atoms with Crippen LogP contribution in [0.5, 0.6) is 0 Å². The van der Waals surface area contributed by atoms with Crippen LogP contribution in [0.25, 0.3) is 11.1 Å². The fraction of sp³-hybridized carbons (Fsp3) is 0.600. The molecule has 2 saturated carbocycles. The topological polar surface area (TPSA) is 0 Å². The summed E-state index contributed by atoms with van der Waals surface area (Å²) >= 11 is 0. The van der Waals surface area contributed by atoms with Gasteiger partial charge in [-0.1, -0.05) is 117 Å². The van der Waals surface area contributed by atoms with Crippen LogP contribution in [0.1, 0.15) is 115 Å². The van der Waals surface area contributed by atoms with Crippen LogP contribution in [0.3, 0.4) is 0 Å². The summed E-state index contributed by atoms with van der Waals surface area (Å²) in [5, 5.41) is 1.78. The molecule has 0 radical (unpaired) electrons. The van der Waals surface area contributed by atoms with E-state index in [0.717, 1.165) is 11.3 Å². The molecule has 2 aromatic carbocycles. The predicted molar refractivity (Wildman–Crippen MR) is 140 cm³/mol. The van der Waals surface area contributed by atoms with Crippen molar-refractivity contribution in [3.63, 3.8) is 0 Å². The van der Waals surface area contributed by atoms with Gasteiger partial charge in [0, 0.05) is 0 Å². The van der Waals surface area contributed by atoms with Crippen molar-refractivity contribution in [2.24, 2.45) is 0 Å². The quantitative estimate of drug-likeness (QED) is 0.397. The zero-order valence-electron chi connectivity index (χ0n) is 20.4. The third kappa shape index (κ3) is 5.11. The van der Waals surface area contributed by atoms with Crippen molar-refractivity contribution >= 4 is 13.2 Å². The summed E-state index contributed by atoms with van der Waals surface area (Å²) in [4.78, 5) is 0. The van der Waals surface area contributed by atoms with E-state index in [0.29, 0.717) is 11.8 Å². The van der Waals surface area contributed by atoms with Crippen molar-refractivity contribution in [3.8, 4) is 11.1 Å². The van der Waals surface area contributed by atoms with Gasteiger partial charge in [-0.3, -0.25) is 0 Å². The molecule has 0 N–H and O–H groups in total. The van der Waals surface area contributed by atoms with Crippen LogP contribution < -0.4 is 5.30 Å². The Morgan fingerprint density at radius 3 is 1.71 bits per heavy atom. The highest BCUT2D eigenvalue weighted by Crippen LogP contribution is 2.56. The summed E-state index contributed by atoms with van der Waals surface area (Å²) in [5.41, 5.74) is 8.10. The molecule has 0 unspecified atom stereocenters. The second-order valence-corrected chi connectivity index (χ2v) is 13.4. The van der Waals surface area contributed by atoms with Crippen LogP contribution in [0.15, 0.2) is 42.5 Å². The monoisotopic (exact) mass is 434 g/mol. The molecule has 2 aliphatic rings. The Morgan fingerprint density at radius 2 is 1.16 bits per heavy atom. The molecule has 0 saturated heterocycles. The molecular formula is C30H43P. The van der Waals surface area contributed by atoms with Crippen LogP contribution >= 0.6 is 7.92 Å². The lowest BCUT2D eigenvalue weighted by molar-refractivity contribution is 0.487. The van der Waals surface area contributed by atoms with Crippen molar-refractivity contribution in [2.45, 2.75) is 115 Å². The molecular weight excluding hydrogens is 391 g/mol. The summed E-state index contributed by atoms with van der Waals surface area (Å²) in [6.07, 6.45) is 14.7. The zero-order valence-corrected chi connectivity index (χ0v) is 21.3. The Morgan fingerprint density at radius 1 is 0.613 bits per heavy atom. The van der Waals surface area contributed by atoms with E-state index in [1.807, 2.05) is 0 Å². The lowest BCUT2D eigenvalue weighted by Gasteiger charge is -2.40. The van der Waals surface area contributed by atoms with E-state index >= 15 is 0 Å². The van der Waals surface area contributed by atoms with Gasteiger partial charge in [-0.05, 0) is 76.4 Å². The van der Waals surface area contributed by atoms with Gasteiger partial charge in [0.1, 0.15) is 0 Å².